The molecule has 2 N–H and O–H groups in total. The van der Waals surface area contributed by atoms with E-state index in [2.05, 4.69) is 5.32 Å². The highest BCUT2D eigenvalue weighted by atomic mass is 16.7. The third-order valence-corrected chi connectivity index (χ3v) is 4.62. The number of hydrogen-bond acceptors (Lipinski definition) is 5. The Labute approximate surface area is 154 Å². The van der Waals surface area contributed by atoms with Gasteiger partial charge in [-0.1, -0.05) is 0 Å². The number of amides is 1. The molecule has 4 rings (SSSR count). The van der Waals surface area contributed by atoms with Gasteiger partial charge in [0.2, 0.25) is 12.2 Å². The Morgan fingerprint density at radius 2 is 1.96 bits per heavy atom. The molecule has 0 saturated carbocycles. The summed E-state index contributed by atoms with van der Waals surface area (Å²) in [5.41, 5.74) is 1.58. The van der Waals surface area contributed by atoms with Crippen molar-refractivity contribution < 1.29 is 19.4 Å². The molecule has 0 saturated heterocycles. The summed E-state index contributed by atoms with van der Waals surface area (Å²) in [6.07, 6.45) is 1.55. The van der Waals surface area contributed by atoms with Crippen molar-refractivity contribution in [1.82, 2.24) is 4.57 Å². The Balaban J connectivity index is 1.81. The van der Waals surface area contributed by atoms with Crippen molar-refractivity contribution in [3.05, 3.63) is 57.9 Å². The fourth-order valence-corrected chi connectivity index (χ4v) is 3.18. The van der Waals surface area contributed by atoms with Crippen LogP contribution in [0.5, 0.6) is 17.2 Å². The zero-order valence-electron chi connectivity index (χ0n) is 14.9. The van der Waals surface area contributed by atoms with Gasteiger partial charge in [0.15, 0.2) is 11.5 Å². The first-order chi connectivity index (χ1) is 13.0. The van der Waals surface area contributed by atoms with Gasteiger partial charge >= 0.3 is 0 Å². The van der Waals surface area contributed by atoms with E-state index in [9.17, 15) is 14.7 Å². The van der Waals surface area contributed by atoms with Crippen LogP contribution in [0.2, 0.25) is 0 Å². The standard InChI is InChI=1S/C20H18N2O5/c1-3-22-9-14(20(25)21-15-5-4-12(23)6-11(15)2)19(24)13-7-17-18(8-16(13)22)27-10-26-17/h4-9,23H,3,10H2,1-2H3,(H,21,25). The predicted molar refractivity (Wildman–Crippen MR) is 101 cm³/mol. The van der Waals surface area contributed by atoms with Crippen molar-refractivity contribution in [2.75, 3.05) is 12.1 Å². The Bertz CT molecular complexity index is 1130. The number of nitrogens with one attached hydrogen (secondary N) is 1. The molecule has 1 amide bonds. The molecule has 0 atom stereocenters. The van der Waals surface area contributed by atoms with E-state index in [4.69, 9.17) is 9.47 Å². The summed E-state index contributed by atoms with van der Waals surface area (Å²) in [4.78, 5) is 25.7. The Kier molecular flexibility index (Phi) is 3.99. The molecule has 0 bridgehead atoms. The Morgan fingerprint density at radius 3 is 2.67 bits per heavy atom. The van der Waals surface area contributed by atoms with E-state index >= 15 is 0 Å². The molecule has 0 fully saturated rings. The molecule has 1 aliphatic heterocycles. The van der Waals surface area contributed by atoms with E-state index in [1.807, 2.05) is 11.5 Å². The summed E-state index contributed by atoms with van der Waals surface area (Å²) >= 11 is 0. The molecule has 0 spiro atoms. The van der Waals surface area contributed by atoms with Gasteiger partial charge in [-0.2, -0.15) is 0 Å². The normalized spacial score (nSPS) is 12.4. The quantitative estimate of drug-likeness (QED) is 0.696. The molecule has 1 aliphatic rings. The molecule has 0 radical (unpaired) electrons. The van der Waals surface area contributed by atoms with Crippen LogP contribution in [0.25, 0.3) is 10.9 Å². The maximum atomic E-state index is 13.0. The number of aromatic hydroxyl groups is 1. The Morgan fingerprint density at radius 1 is 1.22 bits per heavy atom. The number of carbonyl (C=O) groups is 1. The van der Waals surface area contributed by atoms with Gasteiger partial charge in [-0.15, -0.1) is 0 Å². The predicted octanol–water partition coefficient (Wildman–Crippen LogP) is 3.02. The van der Waals surface area contributed by atoms with Crippen LogP contribution in [0.15, 0.2) is 41.3 Å². The minimum Gasteiger partial charge on any atom is -0.508 e. The van der Waals surface area contributed by atoms with Crippen molar-refractivity contribution in [3.63, 3.8) is 0 Å². The number of pyridine rings is 1. The largest absolute Gasteiger partial charge is 0.508 e. The number of aromatic nitrogens is 1. The van der Waals surface area contributed by atoms with Crippen LogP contribution in [0, 0.1) is 6.92 Å². The summed E-state index contributed by atoms with van der Waals surface area (Å²) in [6.45, 7) is 4.38. The lowest BCUT2D eigenvalue weighted by Crippen LogP contribution is -2.24. The van der Waals surface area contributed by atoms with Gasteiger partial charge in [0.05, 0.1) is 10.9 Å². The summed E-state index contributed by atoms with van der Waals surface area (Å²) in [6, 6.07) is 8.00. The number of phenols is 1. The van der Waals surface area contributed by atoms with Gasteiger partial charge < -0.3 is 24.5 Å². The fraction of sp³-hybridized carbons (Fsp3) is 0.200. The van der Waals surface area contributed by atoms with Gasteiger partial charge in [-0.3, -0.25) is 9.59 Å². The third kappa shape index (κ3) is 2.87. The van der Waals surface area contributed by atoms with Crippen molar-refractivity contribution in [2.24, 2.45) is 0 Å². The zero-order valence-corrected chi connectivity index (χ0v) is 14.9. The molecule has 7 nitrogen and oxygen atoms in total. The highest BCUT2D eigenvalue weighted by Crippen LogP contribution is 2.35. The molecular formula is C20H18N2O5. The molecule has 2 heterocycles. The van der Waals surface area contributed by atoms with E-state index in [-0.39, 0.29) is 23.5 Å². The molecule has 7 heteroatoms. The summed E-state index contributed by atoms with van der Waals surface area (Å²) in [5.74, 6) is 0.686. The number of nitrogens with zero attached hydrogens (tertiary/aromatic N) is 1. The first-order valence-electron chi connectivity index (χ1n) is 8.55. The van der Waals surface area contributed by atoms with Crippen LogP contribution in [-0.4, -0.2) is 22.4 Å². The van der Waals surface area contributed by atoms with E-state index < -0.39 is 5.91 Å². The maximum absolute atomic E-state index is 13.0. The van der Waals surface area contributed by atoms with E-state index in [0.29, 0.717) is 40.2 Å². The van der Waals surface area contributed by atoms with Crippen LogP contribution in [0.3, 0.4) is 0 Å². The first-order valence-corrected chi connectivity index (χ1v) is 8.55. The molecule has 0 unspecified atom stereocenters. The molecule has 27 heavy (non-hydrogen) atoms. The zero-order chi connectivity index (χ0) is 19.1. The third-order valence-electron chi connectivity index (χ3n) is 4.62. The second kappa shape index (κ2) is 6.35. The summed E-state index contributed by atoms with van der Waals surface area (Å²) in [7, 11) is 0. The lowest BCUT2D eigenvalue weighted by Gasteiger charge is -2.13. The molecule has 2 aromatic carbocycles. The number of ether oxygens (including phenoxy) is 2. The minimum atomic E-state index is -0.504. The topological polar surface area (TPSA) is 89.8 Å². The number of benzene rings is 2. The van der Waals surface area contributed by atoms with Crippen LogP contribution in [-0.2, 0) is 6.54 Å². The van der Waals surface area contributed by atoms with Crippen LogP contribution >= 0.6 is 0 Å². The number of phenolic OH excluding ortho intramolecular Hbond substituents is 1. The monoisotopic (exact) mass is 366 g/mol. The highest BCUT2D eigenvalue weighted by molar-refractivity contribution is 6.06. The van der Waals surface area contributed by atoms with Gasteiger partial charge in [0.1, 0.15) is 11.3 Å². The second-order valence-electron chi connectivity index (χ2n) is 6.33. The average Bonchev–Trinajstić information content (AvgIpc) is 3.10. The molecule has 3 aromatic rings. The van der Waals surface area contributed by atoms with E-state index in [0.717, 1.165) is 0 Å². The Hall–Kier alpha value is -3.48. The minimum absolute atomic E-state index is 0.0377. The number of aryl methyl sites for hydroxylation is 2. The van der Waals surface area contributed by atoms with E-state index in [1.165, 1.54) is 6.07 Å². The molecule has 1 aromatic heterocycles. The molecule has 0 aliphatic carbocycles. The van der Waals surface area contributed by atoms with Crippen LogP contribution < -0.4 is 20.2 Å². The molecular weight excluding hydrogens is 348 g/mol. The number of fused-ring (bicyclic) bond motifs is 2. The highest BCUT2D eigenvalue weighted by Gasteiger charge is 2.21. The summed E-state index contributed by atoms with van der Waals surface area (Å²) < 4.78 is 12.6. The van der Waals surface area contributed by atoms with E-state index in [1.54, 1.807) is 37.4 Å². The van der Waals surface area contributed by atoms with Crippen molar-refractivity contribution >= 4 is 22.5 Å². The second-order valence-corrected chi connectivity index (χ2v) is 6.33. The van der Waals surface area contributed by atoms with Gasteiger partial charge in [-0.05, 0) is 43.7 Å². The van der Waals surface area contributed by atoms with Gasteiger partial charge in [0.25, 0.3) is 5.91 Å². The number of anilines is 1. The lowest BCUT2D eigenvalue weighted by atomic mass is 10.1. The number of rotatable bonds is 3. The molecule has 138 valence electrons. The van der Waals surface area contributed by atoms with Crippen LogP contribution in [0.1, 0.15) is 22.8 Å². The summed E-state index contributed by atoms with van der Waals surface area (Å²) in [5, 5.41) is 12.7. The lowest BCUT2D eigenvalue weighted by molar-refractivity contribution is 0.102. The number of hydrogen-bond donors (Lipinski definition) is 2. The first kappa shape index (κ1) is 17.0. The maximum Gasteiger partial charge on any atom is 0.261 e. The van der Waals surface area contributed by atoms with Gasteiger partial charge in [0, 0.05) is 24.5 Å². The van der Waals surface area contributed by atoms with Gasteiger partial charge in [-0.25, -0.2) is 0 Å². The van der Waals surface area contributed by atoms with Crippen molar-refractivity contribution in [1.29, 1.82) is 0 Å². The number of carbonyl (C=O) groups excluding carboxylic acids is 1. The SMILES string of the molecule is CCn1cc(C(=O)Nc2ccc(O)cc2C)c(=O)c2cc3c(cc21)OCO3. The van der Waals surface area contributed by atoms with Crippen LogP contribution in [0.4, 0.5) is 5.69 Å². The average molecular weight is 366 g/mol. The van der Waals surface area contributed by atoms with Crippen molar-refractivity contribution in [2.45, 2.75) is 20.4 Å². The smallest absolute Gasteiger partial charge is 0.261 e. The fourth-order valence-electron chi connectivity index (χ4n) is 3.18. The van der Waals surface area contributed by atoms with Crippen molar-refractivity contribution in [3.8, 4) is 17.2 Å².